The number of nitrogens with zero attached hydrogens (tertiary/aromatic N) is 4. The topological polar surface area (TPSA) is 43.1 Å². The number of fused-ring (bicyclic) bond motifs is 1. The largest absolute Gasteiger partial charge is 0.299 e. The van der Waals surface area contributed by atoms with Crippen LogP contribution in [0.5, 0.6) is 0 Å². The highest BCUT2D eigenvalue weighted by Crippen LogP contribution is 2.32. The van der Waals surface area contributed by atoms with Crippen molar-refractivity contribution in [3.05, 3.63) is 71.7 Å². The molecule has 0 fully saturated rings. The Labute approximate surface area is 135 Å². The van der Waals surface area contributed by atoms with E-state index in [0.29, 0.717) is 0 Å². The highest BCUT2D eigenvalue weighted by atomic mass is 79.9. The molecule has 4 rings (SSSR count). The monoisotopic (exact) mass is 350 g/mol. The second-order valence-corrected chi connectivity index (χ2v) is 5.63. The number of rotatable bonds is 2. The van der Waals surface area contributed by atoms with Gasteiger partial charge in [-0.15, -0.1) is 0 Å². The molecule has 0 N–H and O–H groups in total. The van der Waals surface area contributed by atoms with Gasteiger partial charge < -0.3 is 0 Å². The molecule has 0 aliphatic heterocycles. The van der Waals surface area contributed by atoms with Gasteiger partial charge in [0.15, 0.2) is 0 Å². The second kappa shape index (κ2) is 5.35. The van der Waals surface area contributed by atoms with Gasteiger partial charge in [-0.25, -0.2) is 9.97 Å². The lowest BCUT2D eigenvalue weighted by Gasteiger charge is -2.05. The lowest BCUT2D eigenvalue weighted by atomic mass is 10.1. The van der Waals surface area contributed by atoms with Crippen LogP contribution < -0.4 is 0 Å². The molecule has 0 unspecified atom stereocenters. The molecule has 0 saturated heterocycles. The number of halogens is 1. The predicted molar refractivity (Wildman–Crippen MR) is 89.4 cm³/mol. The van der Waals surface area contributed by atoms with Gasteiger partial charge >= 0.3 is 0 Å². The first kappa shape index (κ1) is 13.2. The van der Waals surface area contributed by atoms with Gasteiger partial charge in [-0.3, -0.25) is 9.38 Å². The van der Waals surface area contributed by atoms with Crippen LogP contribution in [0.2, 0.25) is 0 Å². The van der Waals surface area contributed by atoms with E-state index >= 15 is 0 Å². The first-order valence-electron chi connectivity index (χ1n) is 6.83. The number of aromatic nitrogens is 4. The van der Waals surface area contributed by atoms with Crippen molar-refractivity contribution in [3.8, 4) is 22.6 Å². The van der Waals surface area contributed by atoms with Crippen molar-refractivity contribution in [1.82, 2.24) is 19.4 Å². The molecule has 0 atom stereocenters. The lowest BCUT2D eigenvalue weighted by Crippen LogP contribution is -1.91. The molecule has 22 heavy (non-hydrogen) atoms. The average Bonchev–Trinajstić information content (AvgIpc) is 2.95. The Kier molecular flexibility index (Phi) is 3.20. The third kappa shape index (κ3) is 2.19. The van der Waals surface area contributed by atoms with E-state index in [1.54, 1.807) is 12.4 Å². The molecular weight excluding hydrogens is 340 g/mol. The Morgan fingerprint density at radius 2 is 1.82 bits per heavy atom. The van der Waals surface area contributed by atoms with Gasteiger partial charge in [0.25, 0.3) is 0 Å². The highest BCUT2D eigenvalue weighted by molar-refractivity contribution is 9.10. The minimum Gasteiger partial charge on any atom is -0.299 e. The zero-order valence-corrected chi connectivity index (χ0v) is 13.1. The number of imidazole rings is 1. The van der Waals surface area contributed by atoms with Crippen molar-refractivity contribution >= 4 is 21.6 Å². The van der Waals surface area contributed by atoms with Gasteiger partial charge in [0.2, 0.25) is 0 Å². The third-order valence-corrected chi connectivity index (χ3v) is 3.87. The van der Waals surface area contributed by atoms with Crippen LogP contribution >= 0.6 is 15.9 Å². The third-order valence-electron chi connectivity index (χ3n) is 3.44. The van der Waals surface area contributed by atoms with E-state index in [2.05, 4.69) is 30.3 Å². The fraction of sp³-hybridized carbons (Fsp3) is 0. The lowest BCUT2D eigenvalue weighted by molar-refractivity contribution is 1.18. The predicted octanol–water partition coefficient (Wildman–Crippen LogP) is 4.22. The average molecular weight is 351 g/mol. The first-order chi connectivity index (χ1) is 10.8. The van der Waals surface area contributed by atoms with Crippen molar-refractivity contribution in [1.29, 1.82) is 0 Å². The van der Waals surface area contributed by atoms with Crippen LogP contribution in [0.15, 0.2) is 71.7 Å². The Morgan fingerprint density at radius 1 is 0.909 bits per heavy atom. The molecular formula is C17H11BrN4. The van der Waals surface area contributed by atoms with Crippen molar-refractivity contribution in [3.63, 3.8) is 0 Å². The van der Waals surface area contributed by atoms with Gasteiger partial charge in [0.1, 0.15) is 15.9 Å². The summed E-state index contributed by atoms with van der Waals surface area (Å²) in [7, 11) is 0. The van der Waals surface area contributed by atoms with Crippen molar-refractivity contribution in [2.45, 2.75) is 0 Å². The van der Waals surface area contributed by atoms with Crippen LogP contribution in [0.1, 0.15) is 0 Å². The minimum absolute atomic E-state index is 0.794. The normalized spacial score (nSPS) is 11.0. The number of hydrogen-bond donors (Lipinski definition) is 0. The van der Waals surface area contributed by atoms with Crippen molar-refractivity contribution < 1.29 is 0 Å². The molecule has 5 heteroatoms. The molecule has 4 heterocycles. The van der Waals surface area contributed by atoms with E-state index in [-0.39, 0.29) is 0 Å². The standard InChI is InChI=1S/C17H11BrN4/c18-14-11-12(7-9-20-14)17-16(13-5-1-3-8-19-13)21-15-6-2-4-10-22(15)17/h1-11H. The highest BCUT2D eigenvalue weighted by Gasteiger charge is 2.16. The van der Waals surface area contributed by atoms with Gasteiger partial charge in [0.05, 0.1) is 11.4 Å². The Balaban J connectivity index is 2.07. The van der Waals surface area contributed by atoms with Gasteiger partial charge in [-0.05, 0) is 52.3 Å². The Morgan fingerprint density at radius 3 is 2.64 bits per heavy atom. The fourth-order valence-electron chi connectivity index (χ4n) is 2.50. The zero-order chi connectivity index (χ0) is 14.9. The van der Waals surface area contributed by atoms with E-state index in [1.807, 2.05) is 54.7 Å². The second-order valence-electron chi connectivity index (χ2n) is 4.82. The van der Waals surface area contributed by atoms with Crippen LogP contribution in [0.3, 0.4) is 0 Å². The molecule has 0 aliphatic carbocycles. The van der Waals surface area contributed by atoms with Crippen LogP contribution in [0.25, 0.3) is 28.3 Å². The van der Waals surface area contributed by atoms with Crippen LogP contribution in [-0.2, 0) is 0 Å². The van der Waals surface area contributed by atoms with E-state index in [0.717, 1.165) is 32.9 Å². The smallest absolute Gasteiger partial charge is 0.138 e. The summed E-state index contributed by atoms with van der Waals surface area (Å²) in [6, 6.07) is 15.8. The summed E-state index contributed by atoms with van der Waals surface area (Å²) in [6.07, 6.45) is 5.58. The molecule has 0 spiro atoms. The SMILES string of the molecule is Brc1cc(-c2c(-c3ccccn3)nc3ccccn23)ccn1. The van der Waals surface area contributed by atoms with Crippen LogP contribution in [0.4, 0.5) is 0 Å². The molecule has 0 saturated carbocycles. The maximum absolute atomic E-state index is 4.75. The summed E-state index contributed by atoms with van der Waals surface area (Å²) in [5, 5.41) is 0. The molecule has 106 valence electrons. The van der Waals surface area contributed by atoms with Crippen LogP contribution in [-0.4, -0.2) is 19.4 Å². The molecule has 4 nitrogen and oxygen atoms in total. The maximum Gasteiger partial charge on any atom is 0.138 e. The van der Waals surface area contributed by atoms with Gasteiger partial charge in [-0.2, -0.15) is 0 Å². The van der Waals surface area contributed by atoms with Gasteiger partial charge in [0, 0.05) is 24.2 Å². The summed E-state index contributed by atoms with van der Waals surface area (Å²) in [5.74, 6) is 0. The summed E-state index contributed by atoms with van der Waals surface area (Å²) in [6.45, 7) is 0. The first-order valence-corrected chi connectivity index (χ1v) is 7.62. The molecule has 0 aliphatic rings. The van der Waals surface area contributed by atoms with E-state index in [4.69, 9.17) is 4.98 Å². The van der Waals surface area contributed by atoms with Crippen molar-refractivity contribution in [2.24, 2.45) is 0 Å². The molecule has 0 aromatic carbocycles. The molecule has 4 aromatic heterocycles. The Hall–Kier alpha value is -2.53. The van der Waals surface area contributed by atoms with Gasteiger partial charge in [-0.1, -0.05) is 12.1 Å². The number of hydrogen-bond acceptors (Lipinski definition) is 3. The summed E-state index contributed by atoms with van der Waals surface area (Å²) in [5.41, 5.74) is 4.67. The summed E-state index contributed by atoms with van der Waals surface area (Å²) < 4.78 is 2.87. The van der Waals surface area contributed by atoms with E-state index in [9.17, 15) is 0 Å². The molecule has 0 amide bonds. The van der Waals surface area contributed by atoms with E-state index in [1.165, 1.54) is 0 Å². The number of pyridine rings is 3. The molecule has 0 radical (unpaired) electrons. The quantitative estimate of drug-likeness (QED) is 0.508. The molecule has 4 aromatic rings. The van der Waals surface area contributed by atoms with Crippen molar-refractivity contribution in [2.75, 3.05) is 0 Å². The molecule has 0 bridgehead atoms. The fourth-order valence-corrected chi connectivity index (χ4v) is 2.87. The zero-order valence-electron chi connectivity index (χ0n) is 11.5. The summed E-state index contributed by atoms with van der Waals surface area (Å²) >= 11 is 3.44. The van der Waals surface area contributed by atoms with E-state index < -0.39 is 0 Å². The minimum atomic E-state index is 0.794. The summed E-state index contributed by atoms with van der Waals surface area (Å²) in [4.78, 5) is 13.4. The van der Waals surface area contributed by atoms with Crippen LogP contribution in [0, 0.1) is 0 Å². The Bertz CT molecular complexity index is 947. The maximum atomic E-state index is 4.75.